The van der Waals surface area contributed by atoms with Crippen LogP contribution in [0.5, 0.6) is 0 Å². The predicted octanol–water partition coefficient (Wildman–Crippen LogP) is 0.452. The quantitative estimate of drug-likeness (QED) is 0.631. The van der Waals surface area contributed by atoms with E-state index in [1.165, 1.54) is 0 Å². The lowest BCUT2D eigenvalue weighted by molar-refractivity contribution is -0.0605. The Kier molecular flexibility index (Phi) is 4.66. The SMILES string of the molecule is COCC(OC)C1CC(OC)CO1. The van der Waals surface area contributed by atoms with Gasteiger partial charge in [0, 0.05) is 27.8 Å². The van der Waals surface area contributed by atoms with Crippen molar-refractivity contribution in [1.82, 2.24) is 0 Å². The van der Waals surface area contributed by atoms with Gasteiger partial charge in [-0.15, -0.1) is 0 Å². The summed E-state index contributed by atoms with van der Waals surface area (Å²) in [7, 11) is 5.04. The molecule has 1 saturated heterocycles. The molecule has 4 heteroatoms. The van der Waals surface area contributed by atoms with Crippen molar-refractivity contribution in [1.29, 1.82) is 0 Å². The van der Waals surface area contributed by atoms with Gasteiger partial charge in [-0.25, -0.2) is 0 Å². The van der Waals surface area contributed by atoms with Crippen LogP contribution in [0.15, 0.2) is 0 Å². The molecule has 0 aromatic carbocycles. The topological polar surface area (TPSA) is 36.9 Å². The minimum atomic E-state index is 0.0187. The van der Waals surface area contributed by atoms with Gasteiger partial charge in [0.05, 0.1) is 25.4 Å². The molecule has 0 aromatic rings. The van der Waals surface area contributed by atoms with Gasteiger partial charge < -0.3 is 18.9 Å². The molecular formula is C9H18O4. The van der Waals surface area contributed by atoms with Crippen molar-refractivity contribution in [2.45, 2.75) is 24.7 Å². The van der Waals surface area contributed by atoms with E-state index in [0.717, 1.165) is 6.42 Å². The first-order chi connectivity index (χ1) is 6.31. The Bertz CT molecular complexity index is 140. The summed E-state index contributed by atoms with van der Waals surface area (Å²) in [6.07, 6.45) is 1.22. The first-order valence-corrected chi connectivity index (χ1v) is 4.48. The fourth-order valence-electron chi connectivity index (χ4n) is 1.54. The van der Waals surface area contributed by atoms with E-state index in [1.807, 2.05) is 0 Å². The predicted molar refractivity (Wildman–Crippen MR) is 47.8 cm³/mol. The highest BCUT2D eigenvalue weighted by molar-refractivity contribution is 4.80. The molecule has 1 heterocycles. The Balaban J connectivity index is 2.33. The highest BCUT2D eigenvalue weighted by atomic mass is 16.6. The highest BCUT2D eigenvalue weighted by Gasteiger charge is 2.31. The van der Waals surface area contributed by atoms with E-state index in [4.69, 9.17) is 18.9 Å². The molecule has 0 aromatic heterocycles. The van der Waals surface area contributed by atoms with Gasteiger partial charge in [0.1, 0.15) is 6.10 Å². The second-order valence-electron chi connectivity index (χ2n) is 3.19. The zero-order valence-electron chi connectivity index (χ0n) is 8.49. The molecule has 3 atom stereocenters. The molecule has 0 spiro atoms. The van der Waals surface area contributed by atoms with E-state index in [1.54, 1.807) is 21.3 Å². The van der Waals surface area contributed by atoms with Crippen molar-refractivity contribution in [2.24, 2.45) is 0 Å². The van der Waals surface area contributed by atoms with Crippen molar-refractivity contribution in [2.75, 3.05) is 34.5 Å². The van der Waals surface area contributed by atoms with Gasteiger partial charge in [0.2, 0.25) is 0 Å². The maximum atomic E-state index is 5.53. The molecule has 0 bridgehead atoms. The summed E-state index contributed by atoms with van der Waals surface area (Å²) in [6.45, 7) is 1.22. The monoisotopic (exact) mass is 190 g/mol. The average Bonchev–Trinajstić information content (AvgIpc) is 2.62. The van der Waals surface area contributed by atoms with Crippen molar-refractivity contribution < 1.29 is 18.9 Å². The van der Waals surface area contributed by atoms with Gasteiger partial charge in [-0.05, 0) is 0 Å². The number of rotatable bonds is 5. The number of hydrogen-bond donors (Lipinski definition) is 0. The van der Waals surface area contributed by atoms with E-state index >= 15 is 0 Å². The fourth-order valence-corrected chi connectivity index (χ4v) is 1.54. The van der Waals surface area contributed by atoms with E-state index in [-0.39, 0.29) is 18.3 Å². The largest absolute Gasteiger partial charge is 0.382 e. The third-order valence-electron chi connectivity index (χ3n) is 2.37. The van der Waals surface area contributed by atoms with E-state index < -0.39 is 0 Å². The maximum absolute atomic E-state index is 5.53. The number of ether oxygens (including phenoxy) is 4. The standard InChI is InChI=1S/C9H18O4/c1-10-6-9(12-3)8-4-7(11-2)5-13-8/h7-9H,4-6H2,1-3H3. The Hall–Kier alpha value is -0.160. The Labute approximate surface area is 79.1 Å². The second-order valence-corrected chi connectivity index (χ2v) is 3.19. The zero-order valence-corrected chi connectivity index (χ0v) is 8.49. The summed E-state index contributed by atoms with van der Waals surface area (Å²) < 4.78 is 21.0. The highest BCUT2D eigenvalue weighted by Crippen LogP contribution is 2.20. The van der Waals surface area contributed by atoms with Gasteiger partial charge >= 0.3 is 0 Å². The molecule has 1 aliphatic rings. The van der Waals surface area contributed by atoms with Gasteiger partial charge in [-0.3, -0.25) is 0 Å². The van der Waals surface area contributed by atoms with E-state index in [9.17, 15) is 0 Å². The molecular weight excluding hydrogens is 172 g/mol. The van der Waals surface area contributed by atoms with Crippen LogP contribution in [0.1, 0.15) is 6.42 Å². The summed E-state index contributed by atoms with van der Waals surface area (Å²) in [5.41, 5.74) is 0. The van der Waals surface area contributed by atoms with Gasteiger partial charge in [-0.2, -0.15) is 0 Å². The molecule has 3 unspecified atom stereocenters. The second kappa shape index (κ2) is 5.54. The number of methoxy groups -OCH3 is 3. The summed E-state index contributed by atoms with van der Waals surface area (Å²) in [5, 5.41) is 0. The zero-order chi connectivity index (χ0) is 9.68. The van der Waals surface area contributed by atoms with Crippen LogP contribution < -0.4 is 0 Å². The minimum Gasteiger partial charge on any atom is -0.382 e. The van der Waals surface area contributed by atoms with Crippen molar-refractivity contribution in [3.63, 3.8) is 0 Å². The molecule has 4 nitrogen and oxygen atoms in total. The molecule has 0 radical (unpaired) electrons. The Morgan fingerprint density at radius 2 is 2.15 bits per heavy atom. The van der Waals surface area contributed by atoms with Crippen molar-refractivity contribution in [3.8, 4) is 0 Å². The van der Waals surface area contributed by atoms with Crippen LogP contribution in [0.2, 0.25) is 0 Å². The normalized spacial score (nSPS) is 30.7. The van der Waals surface area contributed by atoms with Crippen LogP contribution in [-0.4, -0.2) is 52.9 Å². The molecule has 1 rings (SSSR count). The van der Waals surface area contributed by atoms with Gasteiger partial charge in [-0.1, -0.05) is 0 Å². The first-order valence-electron chi connectivity index (χ1n) is 4.48. The summed E-state index contributed by atoms with van der Waals surface area (Å²) in [4.78, 5) is 0. The van der Waals surface area contributed by atoms with Gasteiger partial charge in [0.15, 0.2) is 0 Å². The molecule has 1 fully saturated rings. The molecule has 0 saturated carbocycles. The minimum absolute atomic E-state index is 0.0187. The third-order valence-corrected chi connectivity index (χ3v) is 2.37. The summed E-state index contributed by atoms with van der Waals surface area (Å²) in [5.74, 6) is 0. The summed E-state index contributed by atoms with van der Waals surface area (Å²) in [6, 6.07) is 0. The molecule has 0 amide bonds. The lowest BCUT2D eigenvalue weighted by Gasteiger charge is -2.20. The fraction of sp³-hybridized carbons (Fsp3) is 1.00. The van der Waals surface area contributed by atoms with Crippen molar-refractivity contribution in [3.05, 3.63) is 0 Å². The average molecular weight is 190 g/mol. The molecule has 78 valence electrons. The molecule has 13 heavy (non-hydrogen) atoms. The Morgan fingerprint density at radius 1 is 1.38 bits per heavy atom. The van der Waals surface area contributed by atoms with Gasteiger partial charge in [0.25, 0.3) is 0 Å². The van der Waals surface area contributed by atoms with Crippen LogP contribution in [0, 0.1) is 0 Å². The first kappa shape index (κ1) is 10.9. The van der Waals surface area contributed by atoms with Crippen LogP contribution in [0.3, 0.4) is 0 Å². The lowest BCUT2D eigenvalue weighted by Crippen LogP contribution is -2.32. The van der Waals surface area contributed by atoms with Crippen LogP contribution in [0.25, 0.3) is 0 Å². The molecule has 0 aliphatic carbocycles. The smallest absolute Gasteiger partial charge is 0.107 e. The summed E-state index contributed by atoms with van der Waals surface area (Å²) >= 11 is 0. The van der Waals surface area contributed by atoms with Crippen molar-refractivity contribution >= 4 is 0 Å². The van der Waals surface area contributed by atoms with E-state index in [2.05, 4.69) is 0 Å². The maximum Gasteiger partial charge on any atom is 0.107 e. The molecule has 1 aliphatic heterocycles. The molecule has 0 N–H and O–H groups in total. The van der Waals surface area contributed by atoms with Crippen LogP contribution in [-0.2, 0) is 18.9 Å². The van der Waals surface area contributed by atoms with Crippen LogP contribution in [0.4, 0.5) is 0 Å². The third kappa shape index (κ3) is 2.91. The van der Waals surface area contributed by atoms with E-state index in [0.29, 0.717) is 13.2 Å². The Morgan fingerprint density at radius 3 is 2.62 bits per heavy atom. The lowest BCUT2D eigenvalue weighted by atomic mass is 10.1. The van der Waals surface area contributed by atoms with Crippen LogP contribution >= 0.6 is 0 Å². The number of hydrogen-bond acceptors (Lipinski definition) is 4.